The van der Waals surface area contributed by atoms with Crippen LogP contribution in [0.25, 0.3) is 0 Å². The highest BCUT2D eigenvalue weighted by atomic mass is 19.1. The standard InChI is InChI=1S/C17H19FO2/c1-10-8-11(2)15(12(3)9-10)17(19)13-6-5-7-14(20-4)16(13)18/h5-9,17,19H,1-4H3. The van der Waals surface area contributed by atoms with Crippen molar-refractivity contribution in [2.75, 3.05) is 7.11 Å². The third kappa shape index (κ3) is 2.54. The predicted octanol–water partition coefficient (Wildman–Crippen LogP) is 3.84. The van der Waals surface area contributed by atoms with E-state index in [1.807, 2.05) is 32.9 Å². The predicted molar refractivity (Wildman–Crippen MR) is 77.7 cm³/mol. The Hall–Kier alpha value is -1.87. The fourth-order valence-corrected chi connectivity index (χ4v) is 2.67. The molecule has 0 aliphatic heterocycles. The first-order valence-electron chi connectivity index (χ1n) is 6.54. The van der Waals surface area contributed by atoms with Gasteiger partial charge < -0.3 is 9.84 Å². The third-order valence-corrected chi connectivity index (χ3v) is 3.52. The summed E-state index contributed by atoms with van der Waals surface area (Å²) in [5, 5.41) is 10.5. The number of ether oxygens (including phenoxy) is 1. The van der Waals surface area contributed by atoms with Gasteiger partial charge in [-0.05, 0) is 43.5 Å². The van der Waals surface area contributed by atoms with Crippen LogP contribution in [0.5, 0.6) is 5.75 Å². The smallest absolute Gasteiger partial charge is 0.171 e. The van der Waals surface area contributed by atoms with Gasteiger partial charge in [0.1, 0.15) is 6.10 Å². The molecule has 0 saturated heterocycles. The molecule has 2 aromatic carbocycles. The van der Waals surface area contributed by atoms with Crippen molar-refractivity contribution < 1.29 is 14.2 Å². The second kappa shape index (κ2) is 5.63. The lowest BCUT2D eigenvalue weighted by Crippen LogP contribution is -2.08. The molecule has 2 rings (SSSR count). The minimum Gasteiger partial charge on any atom is -0.494 e. The topological polar surface area (TPSA) is 29.5 Å². The van der Waals surface area contributed by atoms with Crippen LogP contribution < -0.4 is 4.74 Å². The molecule has 106 valence electrons. The number of methoxy groups -OCH3 is 1. The van der Waals surface area contributed by atoms with Crippen molar-refractivity contribution in [2.45, 2.75) is 26.9 Å². The lowest BCUT2D eigenvalue weighted by Gasteiger charge is -2.19. The van der Waals surface area contributed by atoms with Gasteiger partial charge in [0.25, 0.3) is 0 Å². The zero-order chi connectivity index (χ0) is 14.9. The van der Waals surface area contributed by atoms with Gasteiger partial charge in [-0.15, -0.1) is 0 Å². The molecule has 0 fully saturated rings. The lowest BCUT2D eigenvalue weighted by atomic mass is 9.91. The summed E-state index contributed by atoms with van der Waals surface area (Å²) in [6.45, 7) is 5.86. The number of benzene rings is 2. The van der Waals surface area contributed by atoms with E-state index in [4.69, 9.17) is 4.74 Å². The summed E-state index contributed by atoms with van der Waals surface area (Å²) < 4.78 is 19.2. The summed E-state index contributed by atoms with van der Waals surface area (Å²) >= 11 is 0. The first kappa shape index (κ1) is 14.5. The van der Waals surface area contributed by atoms with Crippen LogP contribution in [0, 0.1) is 26.6 Å². The van der Waals surface area contributed by atoms with Crippen molar-refractivity contribution in [2.24, 2.45) is 0 Å². The second-order valence-electron chi connectivity index (χ2n) is 5.08. The zero-order valence-corrected chi connectivity index (χ0v) is 12.2. The van der Waals surface area contributed by atoms with Gasteiger partial charge in [-0.25, -0.2) is 4.39 Å². The normalized spacial score (nSPS) is 12.3. The van der Waals surface area contributed by atoms with E-state index >= 15 is 0 Å². The van der Waals surface area contributed by atoms with Crippen LogP contribution in [0.1, 0.15) is 33.9 Å². The Morgan fingerprint density at radius 1 is 1.10 bits per heavy atom. The van der Waals surface area contributed by atoms with Crippen LogP contribution in [0.4, 0.5) is 4.39 Å². The zero-order valence-electron chi connectivity index (χ0n) is 12.2. The minimum absolute atomic E-state index is 0.143. The molecular weight excluding hydrogens is 255 g/mol. The molecule has 0 aromatic heterocycles. The third-order valence-electron chi connectivity index (χ3n) is 3.52. The molecule has 0 radical (unpaired) electrons. The van der Waals surface area contributed by atoms with Gasteiger partial charge in [-0.1, -0.05) is 29.8 Å². The van der Waals surface area contributed by atoms with Crippen molar-refractivity contribution in [3.8, 4) is 5.75 Å². The number of halogens is 1. The fourth-order valence-electron chi connectivity index (χ4n) is 2.67. The van der Waals surface area contributed by atoms with Gasteiger partial charge in [0, 0.05) is 5.56 Å². The summed E-state index contributed by atoms with van der Waals surface area (Å²) in [5.41, 5.74) is 4.03. The van der Waals surface area contributed by atoms with E-state index in [1.54, 1.807) is 18.2 Å². The Morgan fingerprint density at radius 3 is 2.25 bits per heavy atom. The molecule has 0 spiro atoms. The molecule has 2 nitrogen and oxygen atoms in total. The largest absolute Gasteiger partial charge is 0.494 e. The van der Waals surface area contributed by atoms with Crippen molar-refractivity contribution in [3.05, 3.63) is 64.0 Å². The van der Waals surface area contributed by atoms with E-state index in [2.05, 4.69) is 0 Å². The summed E-state index contributed by atoms with van der Waals surface area (Å²) in [7, 11) is 1.41. The first-order valence-corrected chi connectivity index (χ1v) is 6.54. The molecule has 0 aliphatic rings. The summed E-state index contributed by atoms with van der Waals surface area (Å²) in [5.74, 6) is -0.370. The van der Waals surface area contributed by atoms with Gasteiger partial charge in [0.05, 0.1) is 7.11 Å². The molecule has 1 N–H and O–H groups in total. The van der Waals surface area contributed by atoms with Crippen molar-refractivity contribution in [1.82, 2.24) is 0 Å². The van der Waals surface area contributed by atoms with E-state index in [9.17, 15) is 9.50 Å². The average Bonchev–Trinajstić information content (AvgIpc) is 2.37. The number of hydrogen-bond donors (Lipinski definition) is 1. The Bertz CT molecular complexity index is 612. The van der Waals surface area contributed by atoms with Gasteiger partial charge in [0.15, 0.2) is 11.6 Å². The molecule has 1 atom stereocenters. The van der Waals surface area contributed by atoms with E-state index in [-0.39, 0.29) is 11.3 Å². The van der Waals surface area contributed by atoms with E-state index in [0.29, 0.717) is 0 Å². The number of rotatable bonds is 3. The van der Waals surface area contributed by atoms with Gasteiger partial charge in [-0.2, -0.15) is 0 Å². The molecule has 0 saturated carbocycles. The monoisotopic (exact) mass is 274 g/mol. The van der Waals surface area contributed by atoms with Gasteiger partial charge in [-0.3, -0.25) is 0 Å². The molecule has 0 bridgehead atoms. The highest BCUT2D eigenvalue weighted by molar-refractivity contribution is 5.44. The lowest BCUT2D eigenvalue weighted by molar-refractivity contribution is 0.212. The summed E-state index contributed by atoms with van der Waals surface area (Å²) in [4.78, 5) is 0. The summed E-state index contributed by atoms with van der Waals surface area (Å²) in [6, 6.07) is 8.79. The second-order valence-corrected chi connectivity index (χ2v) is 5.08. The van der Waals surface area contributed by atoms with Crippen LogP contribution in [-0.4, -0.2) is 12.2 Å². The van der Waals surface area contributed by atoms with Gasteiger partial charge >= 0.3 is 0 Å². The fraction of sp³-hybridized carbons (Fsp3) is 0.294. The number of aliphatic hydroxyl groups excluding tert-OH is 1. The molecule has 3 heteroatoms. The van der Waals surface area contributed by atoms with Crippen molar-refractivity contribution in [3.63, 3.8) is 0 Å². The molecule has 0 aliphatic carbocycles. The Labute approximate surface area is 118 Å². The van der Waals surface area contributed by atoms with Crippen LogP contribution >= 0.6 is 0 Å². The van der Waals surface area contributed by atoms with Crippen LogP contribution in [-0.2, 0) is 0 Å². The van der Waals surface area contributed by atoms with Crippen molar-refractivity contribution >= 4 is 0 Å². The maximum absolute atomic E-state index is 14.3. The number of aryl methyl sites for hydroxylation is 3. The Kier molecular flexibility index (Phi) is 4.09. The van der Waals surface area contributed by atoms with E-state index in [1.165, 1.54) is 7.11 Å². The van der Waals surface area contributed by atoms with Crippen LogP contribution in [0.2, 0.25) is 0 Å². The molecule has 20 heavy (non-hydrogen) atoms. The highest BCUT2D eigenvalue weighted by Crippen LogP contribution is 2.32. The molecule has 0 heterocycles. The maximum atomic E-state index is 14.3. The molecule has 1 unspecified atom stereocenters. The number of aliphatic hydroxyl groups is 1. The quantitative estimate of drug-likeness (QED) is 0.921. The first-order chi connectivity index (χ1) is 9.45. The molecule has 2 aromatic rings. The number of hydrogen-bond acceptors (Lipinski definition) is 2. The van der Waals surface area contributed by atoms with Crippen molar-refractivity contribution in [1.29, 1.82) is 0 Å². The average molecular weight is 274 g/mol. The van der Waals surface area contributed by atoms with E-state index < -0.39 is 11.9 Å². The highest BCUT2D eigenvalue weighted by Gasteiger charge is 2.21. The Morgan fingerprint density at radius 2 is 1.70 bits per heavy atom. The molecular formula is C17H19FO2. The molecule has 0 amide bonds. The van der Waals surface area contributed by atoms with E-state index in [0.717, 1.165) is 22.3 Å². The Balaban J connectivity index is 2.55. The van der Waals surface area contributed by atoms with Crippen LogP contribution in [0.3, 0.4) is 0 Å². The minimum atomic E-state index is -0.995. The SMILES string of the molecule is COc1cccc(C(O)c2c(C)cc(C)cc2C)c1F. The van der Waals surface area contributed by atoms with Gasteiger partial charge in [0.2, 0.25) is 0 Å². The summed E-state index contributed by atoms with van der Waals surface area (Å²) in [6.07, 6.45) is -0.995. The van der Waals surface area contributed by atoms with Crippen LogP contribution in [0.15, 0.2) is 30.3 Å². The maximum Gasteiger partial charge on any atom is 0.171 e.